The summed E-state index contributed by atoms with van der Waals surface area (Å²) in [5.74, 6) is -0.211. The molecule has 5 aliphatic rings. The molecular formula is C20H33ClFN3O5. The molecule has 4 aliphatic carbocycles. The van der Waals surface area contributed by atoms with E-state index < -0.39 is 23.2 Å². The number of amides is 1. The van der Waals surface area contributed by atoms with Crippen LogP contribution in [0, 0.1) is 5.41 Å². The normalized spacial score (nSPS) is 46.1. The van der Waals surface area contributed by atoms with Gasteiger partial charge in [0.15, 0.2) is 0 Å². The Morgan fingerprint density at radius 1 is 1.30 bits per heavy atom. The van der Waals surface area contributed by atoms with Crippen LogP contribution >= 0.6 is 11.6 Å². The van der Waals surface area contributed by atoms with Crippen molar-refractivity contribution in [2.24, 2.45) is 5.41 Å². The van der Waals surface area contributed by atoms with Crippen molar-refractivity contribution in [2.75, 3.05) is 20.3 Å². The van der Waals surface area contributed by atoms with Crippen molar-refractivity contribution in [3.63, 3.8) is 0 Å². The van der Waals surface area contributed by atoms with Gasteiger partial charge in [0, 0.05) is 24.5 Å². The molecule has 6 unspecified atom stereocenters. The highest BCUT2D eigenvalue weighted by Gasteiger charge is 2.59. The summed E-state index contributed by atoms with van der Waals surface area (Å²) in [7, 11) is 1.62. The molecule has 1 saturated heterocycles. The third-order valence-electron chi connectivity index (χ3n) is 7.40. The molecular weight excluding hydrogens is 417 g/mol. The van der Waals surface area contributed by atoms with Gasteiger partial charge in [0.05, 0.1) is 24.2 Å². The Hall–Kier alpha value is -0.550. The number of ether oxygens (including phenoxy) is 3. The Morgan fingerprint density at radius 3 is 2.73 bits per heavy atom. The predicted molar refractivity (Wildman–Crippen MR) is 107 cm³/mol. The average molecular weight is 450 g/mol. The summed E-state index contributed by atoms with van der Waals surface area (Å²) in [5, 5.41) is 13.6. The van der Waals surface area contributed by atoms with E-state index in [1.807, 2.05) is 0 Å². The van der Waals surface area contributed by atoms with Gasteiger partial charge in [0.2, 0.25) is 5.91 Å². The van der Waals surface area contributed by atoms with Crippen LogP contribution < -0.4 is 16.2 Å². The van der Waals surface area contributed by atoms with Gasteiger partial charge in [-0.25, -0.2) is 15.2 Å². The molecule has 4 saturated carbocycles. The van der Waals surface area contributed by atoms with E-state index in [1.165, 1.54) is 0 Å². The molecule has 8 nitrogen and oxygen atoms in total. The molecule has 4 N–H and O–H groups in total. The summed E-state index contributed by atoms with van der Waals surface area (Å²) in [5.41, 5.74) is 5.43. The van der Waals surface area contributed by atoms with Crippen LogP contribution in [0.2, 0.25) is 0 Å². The molecule has 0 aromatic carbocycles. The number of hydrogen-bond acceptors (Lipinski definition) is 7. The SMILES string of the molecule is COCC1NNC(C23CCC(NC(=O)COC4CCC(Cl)C(F)C4)(CC2)CC3O)O1. The number of aliphatic hydroxyl groups is 1. The minimum atomic E-state index is -1.09. The number of aliphatic hydroxyl groups excluding tert-OH is 1. The maximum absolute atomic E-state index is 13.8. The predicted octanol–water partition coefficient (Wildman–Crippen LogP) is 1.10. The fourth-order valence-corrected chi connectivity index (χ4v) is 5.78. The molecule has 5 fully saturated rings. The standard InChI is InChI=1S/C20H33ClFN3O5/c1-28-11-17-24-25-18(30-17)20-6-4-19(5-7-20,9-15(20)26)23-16(27)10-29-12-2-3-13(21)14(22)8-12/h12-15,17-18,24-26H,2-11H2,1H3,(H,23,27). The van der Waals surface area contributed by atoms with E-state index in [0.717, 1.165) is 25.7 Å². The van der Waals surface area contributed by atoms with E-state index in [2.05, 4.69) is 16.2 Å². The molecule has 30 heavy (non-hydrogen) atoms. The second kappa shape index (κ2) is 9.13. The van der Waals surface area contributed by atoms with Crippen LogP contribution in [0.15, 0.2) is 0 Å². The Balaban J connectivity index is 1.27. The first-order chi connectivity index (χ1) is 14.4. The highest BCUT2D eigenvalue weighted by molar-refractivity contribution is 6.21. The molecule has 1 heterocycles. The van der Waals surface area contributed by atoms with Gasteiger partial charge in [-0.2, -0.15) is 0 Å². The van der Waals surface area contributed by atoms with Gasteiger partial charge in [-0.1, -0.05) is 0 Å². The lowest BCUT2D eigenvalue weighted by molar-refractivity contribution is -0.176. The topological polar surface area (TPSA) is 101 Å². The zero-order chi connectivity index (χ0) is 21.4. The number of carbonyl (C=O) groups is 1. The fourth-order valence-electron chi connectivity index (χ4n) is 5.55. The maximum atomic E-state index is 13.8. The van der Waals surface area contributed by atoms with Crippen LogP contribution in [0.25, 0.3) is 0 Å². The summed E-state index contributed by atoms with van der Waals surface area (Å²) in [4.78, 5) is 12.5. The molecule has 0 aromatic rings. The monoisotopic (exact) mass is 449 g/mol. The van der Waals surface area contributed by atoms with Crippen molar-refractivity contribution in [3.8, 4) is 0 Å². The number of hydrogen-bond donors (Lipinski definition) is 4. The van der Waals surface area contributed by atoms with Crippen molar-refractivity contribution in [2.45, 2.75) is 93.1 Å². The number of carbonyl (C=O) groups excluding carboxylic acids is 1. The number of rotatable bonds is 7. The Kier molecular flexibility index (Phi) is 6.89. The van der Waals surface area contributed by atoms with Crippen LogP contribution in [-0.4, -0.2) is 73.1 Å². The summed E-state index contributed by atoms with van der Waals surface area (Å²) in [6.07, 6.45) is 2.50. The van der Waals surface area contributed by atoms with Crippen molar-refractivity contribution >= 4 is 17.5 Å². The molecule has 2 bridgehead atoms. The van der Waals surface area contributed by atoms with Crippen molar-refractivity contribution < 1.29 is 28.5 Å². The van der Waals surface area contributed by atoms with Crippen molar-refractivity contribution in [1.82, 2.24) is 16.2 Å². The molecule has 1 amide bonds. The van der Waals surface area contributed by atoms with Crippen LogP contribution in [0.5, 0.6) is 0 Å². The molecule has 6 atom stereocenters. The zero-order valence-electron chi connectivity index (χ0n) is 17.4. The van der Waals surface area contributed by atoms with Crippen LogP contribution in [0.3, 0.4) is 0 Å². The lowest BCUT2D eigenvalue weighted by Crippen LogP contribution is -2.66. The van der Waals surface area contributed by atoms with E-state index in [4.69, 9.17) is 25.8 Å². The van der Waals surface area contributed by atoms with Gasteiger partial charge >= 0.3 is 0 Å². The number of nitrogens with one attached hydrogen (secondary N) is 3. The minimum absolute atomic E-state index is 0.0940. The number of halogens is 2. The largest absolute Gasteiger partial charge is 0.392 e. The molecule has 0 spiro atoms. The van der Waals surface area contributed by atoms with E-state index in [0.29, 0.717) is 25.9 Å². The first kappa shape index (κ1) is 22.6. The minimum Gasteiger partial charge on any atom is -0.392 e. The van der Waals surface area contributed by atoms with E-state index in [1.54, 1.807) is 7.11 Å². The summed E-state index contributed by atoms with van der Waals surface area (Å²) >= 11 is 5.90. The van der Waals surface area contributed by atoms with Crippen LogP contribution in [-0.2, 0) is 19.0 Å². The second-order valence-corrected chi connectivity index (χ2v) is 9.87. The number of fused-ring (bicyclic) bond motifs is 3. The molecule has 10 heteroatoms. The molecule has 5 rings (SSSR count). The zero-order valence-corrected chi connectivity index (χ0v) is 18.1. The number of methoxy groups -OCH3 is 1. The van der Waals surface area contributed by atoms with Crippen LogP contribution in [0.1, 0.15) is 51.4 Å². The summed E-state index contributed by atoms with van der Waals surface area (Å²) in [6, 6.07) is 0. The third kappa shape index (κ3) is 4.48. The van der Waals surface area contributed by atoms with Gasteiger partial charge < -0.3 is 24.6 Å². The quantitative estimate of drug-likeness (QED) is 0.432. The second-order valence-electron chi connectivity index (χ2n) is 9.31. The molecule has 172 valence electrons. The summed E-state index contributed by atoms with van der Waals surface area (Å²) in [6.45, 7) is 0.328. The van der Waals surface area contributed by atoms with Gasteiger partial charge in [-0.3, -0.25) is 4.79 Å². The molecule has 0 radical (unpaired) electrons. The first-order valence-electron chi connectivity index (χ1n) is 10.9. The lowest BCUT2D eigenvalue weighted by Gasteiger charge is -2.57. The first-order valence-corrected chi connectivity index (χ1v) is 11.3. The van der Waals surface area contributed by atoms with Crippen molar-refractivity contribution in [3.05, 3.63) is 0 Å². The number of hydrazine groups is 1. The van der Waals surface area contributed by atoms with E-state index in [9.17, 15) is 14.3 Å². The van der Waals surface area contributed by atoms with Crippen LogP contribution in [0.4, 0.5) is 4.39 Å². The Labute approximate surface area is 181 Å². The average Bonchev–Trinajstić information content (AvgIpc) is 3.19. The maximum Gasteiger partial charge on any atom is 0.246 e. The lowest BCUT2D eigenvalue weighted by atomic mass is 9.55. The Bertz CT molecular complexity index is 621. The molecule has 0 aromatic heterocycles. The van der Waals surface area contributed by atoms with Gasteiger partial charge in [0.25, 0.3) is 0 Å². The fraction of sp³-hybridized carbons (Fsp3) is 0.950. The third-order valence-corrected chi connectivity index (χ3v) is 7.89. The Morgan fingerprint density at radius 2 is 2.07 bits per heavy atom. The number of alkyl halides is 2. The van der Waals surface area contributed by atoms with Gasteiger partial charge in [-0.05, 0) is 44.9 Å². The van der Waals surface area contributed by atoms with E-state index in [-0.39, 0.29) is 42.9 Å². The van der Waals surface area contributed by atoms with Gasteiger partial charge in [-0.15, -0.1) is 11.6 Å². The van der Waals surface area contributed by atoms with Gasteiger partial charge in [0.1, 0.15) is 25.2 Å². The highest BCUT2D eigenvalue weighted by Crippen LogP contribution is 2.54. The van der Waals surface area contributed by atoms with E-state index >= 15 is 0 Å². The van der Waals surface area contributed by atoms with Crippen molar-refractivity contribution in [1.29, 1.82) is 0 Å². The molecule has 1 aliphatic heterocycles. The smallest absolute Gasteiger partial charge is 0.246 e. The summed E-state index contributed by atoms with van der Waals surface area (Å²) < 4.78 is 30.5. The highest BCUT2D eigenvalue weighted by atomic mass is 35.5.